The van der Waals surface area contributed by atoms with Gasteiger partial charge in [-0.2, -0.15) is 0 Å². The van der Waals surface area contributed by atoms with Gasteiger partial charge in [0.25, 0.3) is 5.91 Å². The number of anilines is 1. The molecule has 2 aromatic carbocycles. The van der Waals surface area contributed by atoms with E-state index in [-0.39, 0.29) is 17.7 Å². The first-order valence-electron chi connectivity index (χ1n) is 10.2. The lowest BCUT2D eigenvalue weighted by Gasteiger charge is -2.18. The number of nitrogens with two attached hydrogens (primary N) is 1. The summed E-state index contributed by atoms with van der Waals surface area (Å²) >= 11 is 0. The van der Waals surface area contributed by atoms with E-state index in [1.165, 1.54) is 0 Å². The number of nitrogens with one attached hydrogen (secondary N) is 2. The smallest absolute Gasteiger partial charge is 0.251 e. The Hall–Kier alpha value is -3.42. The molecule has 31 heavy (non-hydrogen) atoms. The maximum atomic E-state index is 12.5. The van der Waals surface area contributed by atoms with E-state index in [1.54, 1.807) is 42.6 Å². The summed E-state index contributed by atoms with van der Waals surface area (Å²) in [5.41, 5.74) is 8.72. The van der Waals surface area contributed by atoms with Crippen molar-refractivity contribution in [3.63, 3.8) is 0 Å². The highest BCUT2D eigenvalue weighted by molar-refractivity contribution is 5.94. The Morgan fingerprint density at radius 1 is 1.10 bits per heavy atom. The van der Waals surface area contributed by atoms with Crippen LogP contribution < -0.4 is 16.4 Å². The van der Waals surface area contributed by atoms with Crippen molar-refractivity contribution in [1.29, 1.82) is 0 Å². The van der Waals surface area contributed by atoms with E-state index in [4.69, 9.17) is 5.73 Å². The second-order valence-electron chi connectivity index (χ2n) is 7.60. The number of carbonyl (C=O) groups is 1. The molecule has 7 nitrogen and oxygen atoms in total. The number of aliphatic hydroxyl groups excluding tert-OH is 1. The molecule has 0 unspecified atom stereocenters. The lowest BCUT2D eigenvalue weighted by Crippen LogP contribution is -2.32. The highest BCUT2D eigenvalue weighted by Crippen LogP contribution is 2.14. The topological polar surface area (TPSA) is 120 Å². The Balaban J connectivity index is 1.50. The number of amides is 1. The summed E-state index contributed by atoms with van der Waals surface area (Å²) in [6.45, 7) is 2.76. The van der Waals surface area contributed by atoms with Gasteiger partial charge in [0.2, 0.25) is 0 Å². The molecule has 0 bridgehead atoms. The molecule has 3 rings (SSSR count). The molecule has 0 fully saturated rings. The predicted octanol–water partition coefficient (Wildman–Crippen LogP) is 2.55. The standard InChI is InChI=1S/C24H28N4O3/c1-16(26-15-22(30)20-8-9-23(25)27-14-20)10-17-4-2-6-19(11-17)24(31)28-13-18-5-3-7-21(29)12-18/h2-9,11-12,14,16,22,26,29-30H,10,13,15H2,1H3,(H2,25,27)(H,28,31)/t16-,22+/m1/s1. The lowest BCUT2D eigenvalue weighted by atomic mass is 10.0. The molecule has 0 saturated carbocycles. The molecule has 0 aliphatic heterocycles. The van der Waals surface area contributed by atoms with Gasteiger partial charge in [-0.3, -0.25) is 4.79 Å². The molecule has 1 aromatic heterocycles. The van der Waals surface area contributed by atoms with Crippen LogP contribution in [-0.4, -0.2) is 33.7 Å². The van der Waals surface area contributed by atoms with Crippen LogP contribution in [0, 0.1) is 0 Å². The van der Waals surface area contributed by atoms with E-state index in [9.17, 15) is 15.0 Å². The Kier molecular flexibility index (Phi) is 7.59. The van der Waals surface area contributed by atoms with E-state index in [1.807, 2.05) is 31.2 Å². The summed E-state index contributed by atoms with van der Waals surface area (Å²) < 4.78 is 0. The minimum atomic E-state index is -0.676. The van der Waals surface area contributed by atoms with Crippen molar-refractivity contribution in [2.75, 3.05) is 12.3 Å². The third-order valence-electron chi connectivity index (χ3n) is 4.95. The van der Waals surface area contributed by atoms with E-state index in [2.05, 4.69) is 15.6 Å². The number of aliphatic hydroxyl groups is 1. The zero-order valence-corrected chi connectivity index (χ0v) is 17.5. The number of hydrogen-bond acceptors (Lipinski definition) is 6. The maximum absolute atomic E-state index is 12.5. The molecule has 0 spiro atoms. The summed E-state index contributed by atoms with van der Waals surface area (Å²) in [5.74, 6) is 0.424. The van der Waals surface area contributed by atoms with Crippen LogP contribution in [0.4, 0.5) is 5.82 Å². The van der Waals surface area contributed by atoms with Crippen molar-refractivity contribution in [3.8, 4) is 5.75 Å². The van der Waals surface area contributed by atoms with Crippen LogP contribution in [0.5, 0.6) is 5.75 Å². The second kappa shape index (κ2) is 10.6. The van der Waals surface area contributed by atoms with Crippen LogP contribution in [0.15, 0.2) is 66.9 Å². The molecular formula is C24H28N4O3. The van der Waals surface area contributed by atoms with Gasteiger partial charge in [-0.25, -0.2) is 4.98 Å². The first-order chi connectivity index (χ1) is 14.9. The van der Waals surface area contributed by atoms with E-state index in [0.717, 1.165) is 11.1 Å². The van der Waals surface area contributed by atoms with E-state index >= 15 is 0 Å². The second-order valence-corrected chi connectivity index (χ2v) is 7.60. The molecule has 162 valence electrons. The van der Waals surface area contributed by atoms with E-state index in [0.29, 0.717) is 36.5 Å². The fourth-order valence-electron chi connectivity index (χ4n) is 3.26. The van der Waals surface area contributed by atoms with Crippen LogP contribution in [0.2, 0.25) is 0 Å². The van der Waals surface area contributed by atoms with Crippen LogP contribution in [0.3, 0.4) is 0 Å². The third kappa shape index (κ3) is 6.80. The number of nitrogen functional groups attached to an aromatic ring is 1. The summed E-state index contributed by atoms with van der Waals surface area (Å²) in [4.78, 5) is 16.5. The number of phenols is 1. The number of benzene rings is 2. The first-order valence-corrected chi connectivity index (χ1v) is 10.2. The number of aromatic nitrogens is 1. The summed E-state index contributed by atoms with van der Waals surface area (Å²) in [5, 5.41) is 26.0. The fraction of sp³-hybridized carbons (Fsp3) is 0.250. The number of aromatic hydroxyl groups is 1. The minimum absolute atomic E-state index is 0.0991. The average molecular weight is 421 g/mol. The number of carbonyl (C=O) groups excluding carboxylic acids is 1. The molecule has 0 radical (unpaired) electrons. The van der Waals surface area contributed by atoms with Gasteiger partial charge < -0.3 is 26.6 Å². The SMILES string of the molecule is C[C@H](Cc1cccc(C(=O)NCc2cccc(O)c2)c1)NC[C@H](O)c1ccc(N)nc1. The molecule has 0 saturated heterocycles. The highest BCUT2D eigenvalue weighted by Gasteiger charge is 2.12. The van der Waals surface area contributed by atoms with Gasteiger partial charge in [-0.05, 0) is 54.8 Å². The lowest BCUT2D eigenvalue weighted by molar-refractivity contribution is 0.0950. The molecule has 6 N–H and O–H groups in total. The van der Waals surface area contributed by atoms with Crippen molar-refractivity contribution in [2.45, 2.75) is 32.0 Å². The third-order valence-corrected chi connectivity index (χ3v) is 4.95. The Bertz CT molecular complexity index is 1010. The molecule has 1 heterocycles. The molecule has 1 amide bonds. The number of nitrogens with zero attached hydrogens (tertiary/aromatic N) is 1. The van der Waals surface area contributed by atoms with Crippen molar-refractivity contribution in [2.24, 2.45) is 0 Å². The van der Waals surface area contributed by atoms with Crippen molar-refractivity contribution >= 4 is 11.7 Å². The summed E-state index contributed by atoms with van der Waals surface area (Å²) in [6, 6.07) is 17.8. The molecular weight excluding hydrogens is 392 g/mol. The van der Waals surface area contributed by atoms with Gasteiger partial charge in [0.15, 0.2) is 0 Å². The summed E-state index contributed by atoms with van der Waals surface area (Å²) in [6.07, 6.45) is 1.61. The van der Waals surface area contributed by atoms with Crippen LogP contribution in [-0.2, 0) is 13.0 Å². The van der Waals surface area contributed by atoms with Crippen LogP contribution >= 0.6 is 0 Å². The molecule has 0 aliphatic carbocycles. The van der Waals surface area contributed by atoms with Gasteiger partial charge >= 0.3 is 0 Å². The largest absolute Gasteiger partial charge is 0.508 e. The van der Waals surface area contributed by atoms with Gasteiger partial charge in [-0.1, -0.05) is 30.3 Å². The zero-order valence-electron chi connectivity index (χ0n) is 17.5. The number of rotatable bonds is 9. The Morgan fingerprint density at radius 3 is 2.61 bits per heavy atom. The molecule has 7 heteroatoms. The van der Waals surface area contributed by atoms with Gasteiger partial charge in [0.05, 0.1) is 6.10 Å². The maximum Gasteiger partial charge on any atom is 0.251 e. The zero-order chi connectivity index (χ0) is 22.2. The number of phenolic OH excluding ortho intramolecular Hbond substituents is 1. The fourth-order valence-corrected chi connectivity index (χ4v) is 3.26. The monoisotopic (exact) mass is 420 g/mol. The van der Waals surface area contributed by atoms with Crippen molar-refractivity contribution in [1.82, 2.24) is 15.6 Å². The normalized spacial score (nSPS) is 12.8. The Labute approximate surface area is 182 Å². The number of hydrogen-bond donors (Lipinski definition) is 5. The Morgan fingerprint density at radius 2 is 1.87 bits per heavy atom. The van der Waals surface area contributed by atoms with Crippen molar-refractivity contribution < 1.29 is 15.0 Å². The molecule has 0 aliphatic rings. The van der Waals surface area contributed by atoms with Gasteiger partial charge in [0.1, 0.15) is 11.6 Å². The van der Waals surface area contributed by atoms with E-state index < -0.39 is 6.10 Å². The minimum Gasteiger partial charge on any atom is -0.508 e. The summed E-state index contributed by atoms with van der Waals surface area (Å²) in [7, 11) is 0. The molecule has 2 atom stereocenters. The van der Waals surface area contributed by atoms with Crippen molar-refractivity contribution in [3.05, 3.63) is 89.1 Å². The number of pyridine rings is 1. The van der Waals surface area contributed by atoms with Crippen LogP contribution in [0.25, 0.3) is 0 Å². The average Bonchev–Trinajstić information content (AvgIpc) is 2.76. The van der Waals surface area contributed by atoms with Gasteiger partial charge in [-0.15, -0.1) is 0 Å². The molecule has 3 aromatic rings. The first kappa shape index (κ1) is 22.3. The predicted molar refractivity (Wildman–Crippen MR) is 120 cm³/mol. The van der Waals surface area contributed by atoms with Crippen LogP contribution in [0.1, 0.15) is 40.1 Å². The quantitative estimate of drug-likeness (QED) is 0.363. The van der Waals surface area contributed by atoms with Gasteiger partial charge in [0, 0.05) is 36.5 Å². The highest BCUT2D eigenvalue weighted by atomic mass is 16.3.